The van der Waals surface area contributed by atoms with Gasteiger partial charge in [-0.25, -0.2) is 0 Å². The van der Waals surface area contributed by atoms with Gasteiger partial charge in [0.15, 0.2) is 0 Å². The van der Waals surface area contributed by atoms with Crippen molar-refractivity contribution in [3.8, 4) is 0 Å². The highest BCUT2D eigenvalue weighted by Gasteiger charge is 2.39. The summed E-state index contributed by atoms with van der Waals surface area (Å²) in [5.74, 6) is 0. The molecule has 1 aliphatic carbocycles. The maximum Gasteiger partial charge on any atom is 0.0872 e. The highest BCUT2D eigenvalue weighted by atomic mass is 16.5. The predicted octanol–water partition coefficient (Wildman–Crippen LogP) is 3.05. The molecule has 1 unspecified atom stereocenters. The van der Waals surface area contributed by atoms with Gasteiger partial charge in [0.25, 0.3) is 0 Å². The number of rotatable bonds is 0. The fraction of sp³-hybridized carbons (Fsp3) is 0.818. The fourth-order valence-corrected chi connectivity index (χ4v) is 2.47. The van der Waals surface area contributed by atoms with Crippen LogP contribution in [0.2, 0.25) is 0 Å². The normalized spacial score (nSPS) is 39.2. The molecular formula is C11H18O. The Labute approximate surface area is 74.8 Å². The van der Waals surface area contributed by atoms with E-state index in [2.05, 4.69) is 26.0 Å². The average Bonchev–Trinajstić information content (AvgIpc) is 2.34. The summed E-state index contributed by atoms with van der Waals surface area (Å²) in [6, 6.07) is 0. The summed E-state index contributed by atoms with van der Waals surface area (Å²) in [5.41, 5.74) is 0.231. The quantitative estimate of drug-likeness (QED) is 0.502. The van der Waals surface area contributed by atoms with Crippen LogP contribution in [0.5, 0.6) is 0 Å². The van der Waals surface area contributed by atoms with E-state index in [1.54, 1.807) is 0 Å². The fourth-order valence-electron chi connectivity index (χ4n) is 2.47. The lowest BCUT2D eigenvalue weighted by molar-refractivity contribution is -0.148. The summed E-state index contributed by atoms with van der Waals surface area (Å²) < 4.78 is 6.14. The van der Waals surface area contributed by atoms with Gasteiger partial charge in [0, 0.05) is 0 Å². The van der Waals surface area contributed by atoms with Crippen LogP contribution < -0.4 is 0 Å². The van der Waals surface area contributed by atoms with Crippen LogP contribution in [0.25, 0.3) is 0 Å². The molecule has 1 aliphatic heterocycles. The van der Waals surface area contributed by atoms with Gasteiger partial charge in [-0.05, 0) is 46.0 Å². The second-order valence-electron chi connectivity index (χ2n) is 4.72. The van der Waals surface area contributed by atoms with Crippen molar-refractivity contribution in [2.75, 3.05) is 0 Å². The molecule has 0 amide bonds. The molecule has 0 N–H and O–H groups in total. The molecule has 1 nitrogen and oxygen atoms in total. The van der Waals surface area contributed by atoms with Crippen LogP contribution in [-0.2, 0) is 4.74 Å². The van der Waals surface area contributed by atoms with Gasteiger partial charge < -0.3 is 4.74 Å². The van der Waals surface area contributed by atoms with Gasteiger partial charge in [-0.1, -0.05) is 12.2 Å². The molecule has 1 heterocycles. The minimum Gasteiger partial charge on any atom is -0.365 e. The van der Waals surface area contributed by atoms with Crippen LogP contribution in [-0.4, -0.2) is 11.2 Å². The lowest BCUT2D eigenvalue weighted by Crippen LogP contribution is -2.42. The highest BCUT2D eigenvalue weighted by molar-refractivity contribution is 5.11. The van der Waals surface area contributed by atoms with Crippen LogP contribution in [0.4, 0.5) is 0 Å². The van der Waals surface area contributed by atoms with Gasteiger partial charge in [0.05, 0.1) is 11.2 Å². The van der Waals surface area contributed by atoms with Crippen molar-refractivity contribution in [1.29, 1.82) is 0 Å². The maximum absolute atomic E-state index is 6.14. The molecule has 0 aromatic rings. The van der Waals surface area contributed by atoms with E-state index >= 15 is 0 Å². The van der Waals surface area contributed by atoms with Crippen molar-refractivity contribution in [3.63, 3.8) is 0 Å². The Bertz CT molecular complexity index is 205. The maximum atomic E-state index is 6.14. The molecule has 1 atom stereocenters. The van der Waals surface area contributed by atoms with Gasteiger partial charge in [0.2, 0.25) is 0 Å². The Kier molecular flexibility index (Phi) is 1.80. The first kappa shape index (κ1) is 8.31. The van der Waals surface area contributed by atoms with E-state index in [4.69, 9.17) is 4.74 Å². The largest absolute Gasteiger partial charge is 0.365 e. The average molecular weight is 166 g/mol. The smallest absolute Gasteiger partial charge is 0.0872 e. The summed E-state index contributed by atoms with van der Waals surface area (Å²) in [6.45, 7) is 4.42. The third kappa shape index (κ3) is 1.42. The summed E-state index contributed by atoms with van der Waals surface area (Å²) in [4.78, 5) is 0. The van der Waals surface area contributed by atoms with E-state index in [1.165, 1.54) is 32.1 Å². The SMILES string of the molecule is CC1(C)CCCC2(C=CCC2)O1. The number of allylic oxidation sites excluding steroid dienone is 1. The van der Waals surface area contributed by atoms with Crippen molar-refractivity contribution in [3.05, 3.63) is 12.2 Å². The van der Waals surface area contributed by atoms with E-state index in [0.717, 1.165) is 0 Å². The summed E-state index contributed by atoms with van der Waals surface area (Å²) >= 11 is 0. The first-order valence-corrected chi connectivity index (χ1v) is 5.00. The molecule has 12 heavy (non-hydrogen) atoms. The Morgan fingerprint density at radius 1 is 1.17 bits per heavy atom. The van der Waals surface area contributed by atoms with E-state index in [1.807, 2.05) is 0 Å². The zero-order valence-electron chi connectivity index (χ0n) is 8.10. The van der Waals surface area contributed by atoms with Gasteiger partial charge in [-0.3, -0.25) is 0 Å². The second-order valence-corrected chi connectivity index (χ2v) is 4.72. The molecule has 1 spiro atoms. The van der Waals surface area contributed by atoms with Gasteiger partial charge in [-0.15, -0.1) is 0 Å². The van der Waals surface area contributed by atoms with E-state index in [-0.39, 0.29) is 11.2 Å². The molecule has 2 rings (SSSR count). The first-order valence-electron chi connectivity index (χ1n) is 5.00. The minimum atomic E-state index is 0.104. The number of hydrogen-bond donors (Lipinski definition) is 0. The lowest BCUT2D eigenvalue weighted by atomic mass is 9.86. The molecule has 1 saturated heterocycles. The summed E-state index contributed by atoms with van der Waals surface area (Å²) in [6.07, 6.45) is 10.7. The third-order valence-corrected chi connectivity index (χ3v) is 3.01. The Hall–Kier alpha value is -0.300. The van der Waals surface area contributed by atoms with Crippen molar-refractivity contribution in [2.45, 2.75) is 57.2 Å². The zero-order chi connectivity index (χ0) is 8.66. The van der Waals surface area contributed by atoms with E-state index in [0.29, 0.717) is 0 Å². The molecule has 0 bridgehead atoms. The van der Waals surface area contributed by atoms with Crippen LogP contribution in [0.15, 0.2) is 12.2 Å². The molecule has 68 valence electrons. The molecule has 1 heteroatoms. The predicted molar refractivity (Wildman–Crippen MR) is 50.1 cm³/mol. The Morgan fingerprint density at radius 3 is 2.58 bits per heavy atom. The van der Waals surface area contributed by atoms with Crippen molar-refractivity contribution < 1.29 is 4.74 Å². The molecular weight excluding hydrogens is 148 g/mol. The molecule has 0 aromatic heterocycles. The van der Waals surface area contributed by atoms with Gasteiger partial charge in [-0.2, -0.15) is 0 Å². The molecule has 0 saturated carbocycles. The van der Waals surface area contributed by atoms with E-state index < -0.39 is 0 Å². The highest BCUT2D eigenvalue weighted by Crippen LogP contribution is 2.41. The van der Waals surface area contributed by atoms with Crippen molar-refractivity contribution >= 4 is 0 Å². The van der Waals surface area contributed by atoms with Crippen LogP contribution in [0.3, 0.4) is 0 Å². The van der Waals surface area contributed by atoms with Crippen LogP contribution >= 0.6 is 0 Å². The third-order valence-electron chi connectivity index (χ3n) is 3.01. The lowest BCUT2D eigenvalue weighted by Gasteiger charge is -2.42. The van der Waals surface area contributed by atoms with Crippen molar-refractivity contribution in [2.24, 2.45) is 0 Å². The molecule has 0 radical (unpaired) electrons. The first-order chi connectivity index (χ1) is 5.62. The van der Waals surface area contributed by atoms with Gasteiger partial charge in [0.1, 0.15) is 0 Å². The molecule has 0 aromatic carbocycles. The topological polar surface area (TPSA) is 9.23 Å². The van der Waals surface area contributed by atoms with E-state index in [9.17, 15) is 0 Å². The second kappa shape index (κ2) is 2.59. The zero-order valence-corrected chi connectivity index (χ0v) is 8.10. The number of ether oxygens (including phenoxy) is 1. The molecule has 1 fully saturated rings. The van der Waals surface area contributed by atoms with Gasteiger partial charge >= 0.3 is 0 Å². The number of hydrogen-bond acceptors (Lipinski definition) is 1. The Balaban J connectivity index is 2.12. The van der Waals surface area contributed by atoms with Crippen molar-refractivity contribution in [1.82, 2.24) is 0 Å². The van der Waals surface area contributed by atoms with Crippen LogP contribution in [0.1, 0.15) is 46.0 Å². The minimum absolute atomic E-state index is 0.104. The molecule has 2 aliphatic rings. The summed E-state index contributed by atoms with van der Waals surface area (Å²) in [7, 11) is 0. The summed E-state index contributed by atoms with van der Waals surface area (Å²) in [5, 5.41) is 0. The van der Waals surface area contributed by atoms with Crippen LogP contribution in [0, 0.1) is 0 Å². The monoisotopic (exact) mass is 166 g/mol. The Morgan fingerprint density at radius 2 is 2.00 bits per heavy atom. The standard InChI is InChI=1S/C11H18O/c1-10(2)6-5-9-11(12-10)7-3-4-8-11/h3,7H,4-6,8-9H2,1-2H3.